The average molecular weight is 294 g/mol. The van der Waals surface area contributed by atoms with Crippen LogP contribution in [0.3, 0.4) is 0 Å². The third kappa shape index (κ3) is 2.93. The fourth-order valence-electron chi connectivity index (χ4n) is 2.00. The van der Waals surface area contributed by atoms with Crippen molar-refractivity contribution in [3.8, 4) is 0 Å². The number of aromatic nitrogens is 2. The van der Waals surface area contributed by atoms with E-state index in [0.717, 1.165) is 11.0 Å². The van der Waals surface area contributed by atoms with E-state index >= 15 is 0 Å². The van der Waals surface area contributed by atoms with Gasteiger partial charge >= 0.3 is 5.69 Å². The first-order chi connectivity index (χ1) is 9.52. The van der Waals surface area contributed by atoms with Crippen LogP contribution in [-0.2, 0) is 13.1 Å². The highest BCUT2D eigenvalue weighted by Gasteiger charge is 2.08. The molecule has 0 aliphatic rings. The Morgan fingerprint density at radius 2 is 2.00 bits per heavy atom. The van der Waals surface area contributed by atoms with Crippen molar-refractivity contribution in [2.75, 3.05) is 5.73 Å². The van der Waals surface area contributed by atoms with Gasteiger partial charge in [0.2, 0.25) is 0 Å². The molecule has 0 atom stereocenters. The quantitative estimate of drug-likeness (QED) is 0.872. The first kappa shape index (κ1) is 14.4. The second-order valence-electron chi connectivity index (χ2n) is 4.57. The zero-order chi connectivity index (χ0) is 14.7. The van der Waals surface area contributed by atoms with Crippen LogP contribution in [0.4, 0.5) is 5.69 Å². The van der Waals surface area contributed by atoms with Crippen molar-refractivity contribution in [3.63, 3.8) is 0 Å². The molecule has 0 amide bonds. The van der Waals surface area contributed by atoms with Crippen molar-refractivity contribution in [1.29, 1.82) is 0 Å². The highest BCUT2D eigenvalue weighted by molar-refractivity contribution is 6.31. The lowest BCUT2D eigenvalue weighted by molar-refractivity contribution is 0.571. The minimum atomic E-state index is -0.346. The number of anilines is 1. The number of hydrogen-bond donors (Lipinski definition) is 1. The fourth-order valence-corrected chi connectivity index (χ4v) is 2.18. The van der Waals surface area contributed by atoms with E-state index in [-0.39, 0.29) is 17.8 Å². The molecular formula is C14H16ClN3O2. The summed E-state index contributed by atoms with van der Waals surface area (Å²) >= 11 is 6.07. The highest BCUT2D eigenvalue weighted by Crippen LogP contribution is 2.19. The van der Waals surface area contributed by atoms with Gasteiger partial charge in [-0.1, -0.05) is 18.5 Å². The predicted molar refractivity (Wildman–Crippen MR) is 80.2 cm³/mol. The first-order valence-electron chi connectivity index (χ1n) is 6.37. The van der Waals surface area contributed by atoms with Gasteiger partial charge < -0.3 is 10.3 Å². The van der Waals surface area contributed by atoms with E-state index in [1.165, 1.54) is 16.8 Å². The van der Waals surface area contributed by atoms with Gasteiger partial charge in [0, 0.05) is 29.5 Å². The minimum Gasteiger partial charge on any atom is -0.399 e. The van der Waals surface area contributed by atoms with Crippen molar-refractivity contribution >= 4 is 17.3 Å². The summed E-state index contributed by atoms with van der Waals surface area (Å²) in [6.07, 6.45) is 2.34. The molecule has 0 spiro atoms. The van der Waals surface area contributed by atoms with Crippen molar-refractivity contribution in [3.05, 3.63) is 61.9 Å². The third-order valence-corrected chi connectivity index (χ3v) is 3.37. The van der Waals surface area contributed by atoms with E-state index in [0.29, 0.717) is 22.8 Å². The SMILES string of the molecule is CCCn1ccc(=O)n(Cc2cc(N)ccc2Cl)c1=O. The molecule has 0 radical (unpaired) electrons. The number of nitrogen functional groups attached to an aromatic ring is 1. The summed E-state index contributed by atoms with van der Waals surface area (Å²) in [6.45, 7) is 2.66. The molecule has 0 unspecified atom stereocenters. The average Bonchev–Trinajstić information content (AvgIpc) is 2.42. The molecular weight excluding hydrogens is 278 g/mol. The minimum absolute atomic E-state index is 0.117. The van der Waals surface area contributed by atoms with E-state index in [1.807, 2.05) is 6.92 Å². The second kappa shape index (κ2) is 5.96. The van der Waals surface area contributed by atoms with Gasteiger partial charge in [-0.2, -0.15) is 0 Å². The molecule has 1 heterocycles. The monoisotopic (exact) mass is 293 g/mol. The number of nitrogens with zero attached hydrogens (tertiary/aromatic N) is 2. The molecule has 0 aliphatic carbocycles. The van der Waals surface area contributed by atoms with Crippen LogP contribution in [0.15, 0.2) is 40.1 Å². The molecule has 0 fully saturated rings. The maximum atomic E-state index is 12.2. The van der Waals surface area contributed by atoms with E-state index in [9.17, 15) is 9.59 Å². The Kier molecular flexibility index (Phi) is 4.29. The number of nitrogens with two attached hydrogens (primary N) is 1. The van der Waals surface area contributed by atoms with Crippen molar-refractivity contribution in [1.82, 2.24) is 9.13 Å². The van der Waals surface area contributed by atoms with Crippen LogP contribution in [0.1, 0.15) is 18.9 Å². The van der Waals surface area contributed by atoms with Crippen molar-refractivity contribution < 1.29 is 0 Å². The van der Waals surface area contributed by atoms with Gasteiger partial charge in [-0.3, -0.25) is 9.36 Å². The Labute approximate surface area is 121 Å². The standard InChI is InChI=1S/C14H16ClN3O2/c1-2-6-17-7-5-13(19)18(14(17)20)9-10-8-11(16)3-4-12(10)15/h3-5,7-8H,2,6,9,16H2,1H3. The predicted octanol–water partition coefficient (Wildman–Crippen LogP) is 1.70. The third-order valence-electron chi connectivity index (χ3n) is 3.00. The molecule has 106 valence electrons. The molecule has 0 bridgehead atoms. The Hall–Kier alpha value is -2.01. The van der Waals surface area contributed by atoms with Crippen LogP contribution >= 0.6 is 11.6 Å². The van der Waals surface area contributed by atoms with Gasteiger partial charge in [0.15, 0.2) is 0 Å². The van der Waals surface area contributed by atoms with Crippen LogP contribution in [0.25, 0.3) is 0 Å². The number of benzene rings is 1. The van der Waals surface area contributed by atoms with E-state index in [1.54, 1.807) is 18.2 Å². The molecule has 0 aliphatic heterocycles. The second-order valence-corrected chi connectivity index (χ2v) is 4.97. The largest absolute Gasteiger partial charge is 0.399 e. The Bertz CT molecular complexity index is 734. The molecule has 2 aromatic rings. The van der Waals surface area contributed by atoms with Gasteiger partial charge in [-0.05, 0) is 30.2 Å². The number of aryl methyl sites for hydroxylation is 1. The molecule has 5 nitrogen and oxygen atoms in total. The molecule has 2 N–H and O–H groups in total. The maximum absolute atomic E-state index is 12.2. The first-order valence-corrected chi connectivity index (χ1v) is 6.75. The summed E-state index contributed by atoms with van der Waals surface area (Å²) in [5, 5.41) is 0.483. The molecule has 2 rings (SSSR count). The fraction of sp³-hybridized carbons (Fsp3) is 0.286. The van der Waals surface area contributed by atoms with Gasteiger partial charge in [-0.25, -0.2) is 4.79 Å². The topological polar surface area (TPSA) is 70.0 Å². The van der Waals surface area contributed by atoms with Gasteiger partial charge in [0.1, 0.15) is 0 Å². The lowest BCUT2D eigenvalue weighted by atomic mass is 10.2. The summed E-state index contributed by atoms with van der Waals surface area (Å²) in [5.41, 5.74) is 6.22. The summed E-state index contributed by atoms with van der Waals surface area (Å²) in [6, 6.07) is 6.39. The Morgan fingerprint density at radius 1 is 1.25 bits per heavy atom. The molecule has 1 aromatic carbocycles. The zero-order valence-corrected chi connectivity index (χ0v) is 11.9. The summed E-state index contributed by atoms with van der Waals surface area (Å²) in [5.74, 6) is 0. The molecule has 0 saturated carbocycles. The Balaban J connectivity index is 2.48. The molecule has 0 saturated heterocycles. The zero-order valence-electron chi connectivity index (χ0n) is 11.2. The van der Waals surface area contributed by atoms with E-state index in [2.05, 4.69) is 0 Å². The molecule has 6 heteroatoms. The number of rotatable bonds is 4. The number of hydrogen-bond acceptors (Lipinski definition) is 3. The molecule has 20 heavy (non-hydrogen) atoms. The summed E-state index contributed by atoms with van der Waals surface area (Å²) in [7, 11) is 0. The van der Waals surface area contributed by atoms with Gasteiger partial charge in [0.05, 0.1) is 6.54 Å². The highest BCUT2D eigenvalue weighted by atomic mass is 35.5. The van der Waals surface area contributed by atoms with Crippen molar-refractivity contribution in [2.24, 2.45) is 0 Å². The van der Waals surface area contributed by atoms with E-state index < -0.39 is 0 Å². The number of halogens is 1. The summed E-state index contributed by atoms with van der Waals surface area (Å²) < 4.78 is 2.68. The Morgan fingerprint density at radius 3 is 2.70 bits per heavy atom. The van der Waals surface area contributed by atoms with E-state index in [4.69, 9.17) is 17.3 Å². The van der Waals surface area contributed by atoms with Crippen LogP contribution in [0, 0.1) is 0 Å². The van der Waals surface area contributed by atoms with Crippen LogP contribution in [-0.4, -0.2) is 9.13 Å². The lowest BCUT2D eigenvalue weighted by Gasteiger charge is -2.10. The van der Waals surface area contributed by atoms with Gasteiger partial charge in [0.25, 0.3) is 5.56 Å². The van der Waals surface area contributed by atoms with Crippen LogP contribution in [0.5, 0.6) is 0 Å². The smallest absolute Gasteiger partial charge is 0.331 e. The van der Waals surface area contributed by atoms with Gasteiger partial charge in [-0.15, -0.1) is 0 Å². The summed E-state index contributed by atoms with van der Waals surface area (Å²) in [4.78, 5) is 24.1. The van der Waals surface area contributed by atoms with Crippen LogP contribution in [0.2, 0.25) is 5.02 Å². The van der Waals surface area contributed by atoms with Crippen molar-refractivity contribution in [2.45, 2.75) is 26.4 Å². The van der Waals surface area contributed by atoms with Crippen LogP contribution < -0.4 is 17.0 Å². The lowest BCUT2D eigenvalue weighted by Crippen LogP contribution is -2.39. The molecule has 1 aromatic heterocycles. The maximum Gasteiger partial charge on any atom is 0.331 e. The normalized spacial score (nSPS) is 10.7.